The van der Waals surface area contributed by atoms with E-state index in [4.69, 9.17) is 5.73 Å². The van der Waals surface area contributed by atoms with Crippen LogP contribution in [0.4, 0.5) is 5.69 Å². The molecule has 1 aliphatic rings. The molecule has 0 fully saturated rings. The number of nitrogens with two attached hydrogens (primary N) is 1. The molecule has 0 radical (unpaired) electrons. The van der Waals surface area contributed by atoms with Gasteiger partial charge in [-0.05, 0) is 36.6 Å². The summed E-state index contributed by atoms with van der Waals surface area (Å²) in [5.41, 5.74) is 8.70. The average molecular weight is 371 g/mol. The predicted molar refractivity (Wildman–Crippen MR) is 96.6 cm³/mol. The minimum Gasteiger partial charge on any atom is -0.324 e. The van der Waals surface area contributed by atoms with Gasteiger partial charge in [0, 0.05) is 17.8 Å². The molecule has 26 heavy (non-hydrogen) atoms. The van der Waals surface area contributed by atoms with E-state index in [0.717, 1.165) is 0 Å². The maximum atomic E-state index is 12.8. The molecular formula is C17H17N5O3S. The van der Waals surface area contributed by atoms with Gasteiger partial charge in [0.2, 0.25) is 0 Å². The number of amides is 1. The van der Waals surface area contributed by atoms with E-state index < -0.39 is 15.7 Å². The van der Waals surface area contributed by atoms with Crippen LogP contribution in [0.3, 0.4) is 0 Å². The molecule has 0 saturated carbocycles. The molecule has 1 aromatic carbocycles. The smallest absolute Gasteiger partial charge is 0.255 e. The molecule has 2 aromatic heterocycles. The van der Waals surface area contributed by atoms with Crippen LogP contribution in [-0.4, -0.2) is 35.3 Å². The monoisotopic (exact) mass is 371 g/mol. The van der Waals surface area contributed by atoms with Crippen molar-refractivity contribution in [2.45, 2.75) is 24.3 Å². The van der Waals surface area contributed by atoms with Gasteiger partial charge in [-0.3, -0.25) is 9.89 Å². The Kier molecular flexibility index (Phi) is 3.78. The standard InChI is InChI=1S/C17H17N5O3S/c1-9-6-11-13(18)3-5-26(24,25)15(11)7-10(9)17(23)21-14-2-4-19-16-12(14)8-20-22-16/h2,4,6-8,13H,3,5,18H2,1H3,(H2,19,20,21,22,23). The van der Waals surface area contributed by atoms with E-state index in [-0.39, 0.29) is 16.7 Å². The molecule has 1 unspecified atom stereocenters. The molecule has 1 atom stereocenters. The van der Waals surface area contributed by atoms with E-state index in [1.54, 1.807) is 31.5 Å². The number of pyridine rings is 1. The topological polar surface area (TPSA) is 131 Å². The zero-order valence-corrected chi connectivity index (χ0v) is 14.8. The van der Waals surface area contributed by atoms with E-state index in [1.165, 1.54) is 6.07 Å². The summed E-state index contributed by atoms with van der Waals surface area (Å²) in [6.07, 6.45) is 3.51. The number of nitrogens with one attached hydrogen (secondary N) is 2. The fourth-order valence-electron chi connectivity index (χ4n) is 3.21. The first kappa shape index (κ1) is 16.7. The van der Waals surface area contributed by atoms with Crippen LogP contribution in [0, 0.1) is 6.92 Å². The molecule has 3 aromatic rings. The number of aromatic amines is 1. The molecule has 8 nitrogen and oxygen atoms in total. The van der Waals surface area contributed by atoms with Crippen LogP contribution in [0.2, 0.25) is 0 Å². The van der Waals surface area contributed by atoms with Crippen molar-refractivity contribution < 1.29 is 13.2 Å². The lowest BCUT2D eigenvalue weighted by molar-refractivity contribution is 0.102. The van der Waals surface area contributed by atoms with E-state index in [0.29, 0.717) is 39.8 Å². The van der Waals surface area contributed by atoms with Crippen LogP contribution in [0.25, 0.3) is 11.0 Å². The number of nitrogens with zero attached hydrogens (tertiary/aromatic N) is 2. The lowest BCUT2D eigenvalue weighted by Crippen LogP contribution is -2.26. The van der Waals surface area contributed by atoms with E-state index in [2.05, 4.69) is 20.5 Å². The Morgan fingerprint density at radius 3 is 3.00 bits per heavy atom. The molecular weight excluding hydrogens is 354 g/mol. The van der Waals surface area contributed by atoms with Gasteiger partial charge in [0.05, 0.1) is 27.9 Å². The van der Waals surface area contributed by atoms with Crippen molar-refractivity contribution in [3.63, 3.8) is 0 Å². The third-order valence-electron chi connectivity index (χ3n) is 4.64. The van der Waals surface area contributed by atoms with Crippen molar-refractivity contribution >= 4 is 32.5 Å². The number of carbonyl (C=O) groups is 1. The number of rotatable bonds is 2. The second kappa shape index (κ2) is 5.89. The highest BCUT2D eigenvalue weighted by molar-refractivity contribution is 7.91. The largest absolute Gasteiger partial charge is 0.324 e. The molecule has 1 amide bonds. The molecule has 4 N–H and O–H groups in total. The number of carbonyl (C=O) groups excluding carboxylic acids is 1. The molecule has 3 heterocycles. The van der Waals surface area contributed by atoms with Crippen molar-refractivity contribution in [1.29, 1.82) is 0 Å². The predicted octanol–water partition coefficient (Wildman–Crippen LogP) is 1.70. The number of hydrogen-bond acceptors (Lipinski definition) is 6. The Morgan fingerprint density at radius 2 is 2.19 bits per heavy atom. The lowest BCUT2D eigenvalue weighted by Gasteiger charge is -2.24. The van der Waals surface area contributed by atoms with Crippen molar-refractivity contribution in [1.82, 2.24) is 15.2 Å². The quantitative estimate of drug-likeness (QED) is 0.628. The molecule has 1 aliphatic heterocycles. The van der Waals surface area contributed by atoms with Crippen LogP contribution in [0.1, 0.15) is 33.9 Å². The maximum absolute atomic E-state index is 12.8. The fraction of sp³-hybridized carbons (Fsp3) is 0.235. The summed E-state index contributed by atoms with van der Waals surface area (Å²) in [5.74, 6) is -0.404. The number of fused-ring (bicyclic) bond motifs is 2. The van der Waals surface area contributed by atoms with Crippen molar-refractivity contribution in [2.24, 2.45) is 5.73 Å². The molecule has 4 rings (SSSR count). The van der Waals surface area contributed by atoms with Gasteiger partial charge in [-0.2, -0.15) is 5.10 Å². The average Bonchev–Trinajstić information content (AvgIpc) is 3.08. The Morgan fingerprint density at radius 1 is 1.38 bits per heavy atom. The summed E-state index contributed by atoms with van der Waals surface area (Å²) in [6.45, 7) is 1.77. The minimum atomic E-state index is -3.43. The van der Waals surface area contributed by atoms with Gasteiger partial charge >= 0.3 is 0 Å². The van der Waals surface area contributed by atoms with Gasteiger partial charge in [0.15, 0.2) is 15.5 Å². The highest BCUT2D eigenvalue weighted by Crippen LogP contribution is 2.33. The minimum absolute atomic E-state index is 0.00865. The van der Waals surface area contributed by atoms with Crippen molar-refractivity contribution in [3.05, 3.63) is 47.3 Å². The molecule has 0 saturated heterocycles. The number of sulfone groups is 1. The lowest BCUT2D eigenvalue weighted by atomic mass is 9.98. The van der Waals surface area contributed by atoms with Gasteiger partial charge in [0.1, 0.15) is 0 Å². The van der Waals surface area contributed by atoms with Crippen LogP contribution in [-0.2, 0) is 9.84 Å². The second-order valence-electron chi connectivity index (χ2n) is 6.36. The van der Waals surface area contributed by atoms with Crippen LogP contribution < -0.4 is 11.1 Å². The summed E-state index contributed by atoms with van der Waals surface area (Å²) in [7, 11) is -3.43. The summed E-state index contributed by atoms with van der Waals surface area (Å²) in [6, 6.07) is 4.46. The van der Waals surface area contributed by atoms with Crippen LogP contribution >= 0.6 is 0 Å². The molecule has 0 bridgehead atoms. The van der Waals surface area contributed by atoms with E-state index >= 15 is 0 Å². The Labute approximate surface area is 149 Å². The molecule has 9 heteroatoms. The van der Waals surface area contributed by atoms with Crippen molar-refractivity contribution in [3.8, 4) is 0 Å². The first-order valence-corrected chi connectivity index (χ1v) is 9.74. The zero-order valence-electron chi connectivity index (χ0n) is 14.0. The summed E-state index contributed by atoms with van der Waals surface area (Å²) < 4.78 is 24.8. The van der Waals surface area contributed by atoms with Crippen LogP contribution in [0.15, 0.2) is 35.5 Å². The normalized spacial score (nSPS) is 18.5. The van der Waals surface area contributed by atoms with Gasteiger partial charge in [0.25, 0.3) is 5.91 Å². The number of hydrogen-bond donors (Lipinski definition) is 3. The number of benzene rings is 1. The third kappa shape index (κ3) is 2.65. The zero-order chi connectivity index (χ0) is 18.5. The number of H-pyrrole nitrogens is 1. The number of anilines is 1. The van der Waals surface area contributed by atoms with Crippen molar-refractivity contribution in [2.75, 3.05) is 11.1 Å². The van der Waals surface area contributed by atoms with E-state index in [1.807, 2.05) is 0 Å². The highest BCUT2D eigenvalue weighted by Gasteiger charge is 2.30. The first-order valence-electron chi connectivity index (χ1n) is 8.09. The number of aromatic nitrogens is 3. The third-order valence-corrected chi connectivity index (χ3v) is 6.43. The molecule has 0 aliphatic carbocycles. The summed E-state index contributed by atoms with van der Waals surface area (Å²) in [4.78, 5) is 17.1. The first-order chi connectivity index (χ1) is 12.4. The van der Waals surface area contributed by atoms with Gasteiger partial charge in [-0.25, -0.2) is 13.4 Å². The van der Waals surface area contributed by atoms with Gasteiger partial charge in [-0.15, -0.1) is 0 Å². The van der Waals surface area contributed by atoms with Gasteiger partial charge < -0.3 is 11.1 Å². The SMILES string of the molecule is Cc1cc2c(cc1C(=O)Nc1ccnc3[nH]ncc13)S(=O)(=O)CCC2N. The Bertz CT molecular complexity index is 1140. The number of aryl methyl sites for hydroxylation is 1. The summed E-state index contributed by atoms with van der Waals surface area (Å²) in [5, 5.41) is 10.1. The Balaban J connectivity index is 1.76. The van der Waals surface area contributed by atoms with Gasteiger partial charge in [-0.1, -0.05) is 6.07 Å². The second-order valence-corrected chi connectivity index (χ2v) is 8.44. The Hall–Kier alpha value is -2.78. The fourth-order valence-corrected chi connectivity index (χ4v) is 4.86. The molecule has 0 spiro atoms. The highest BCUT2D eigenvalue weighted by atomic mass is 32.2. The van der Waals surface area contributed by atoms with Crippen LogP contribution in [0.5, 0.6) is 0 Å². The van der Waals surface area contributed by atoms with E-state index in [9.17, 15) is 13.2 Å². The maximum Gasteiger partial charge on any atom is 0.255 e. The molecule has 134 valence electrons. The summed E-state index contributed by atoms with van der Waals surface area (Å²) >= 11 is 0.